The van der Waals surface area contributed by atoms with Crippen LogP contribution >= 0.6 is 0 Å². The number of benzene rings is 2. The fourth-order valence-electron chi connectivity index (χ4n) is 6.48. The number of anilines is 1. The van der Waals surface area contributed by atoms with Crippen LogP contribution < -0.4 is 15.0 Å². The van der Waals surface area contributed by atoms with Gasteiger partial charge >= 0.3 is 5.97 Å². The summed E-state index contributed by atoms with van der Waals surface area (Å²) in [5.74, 6) is 0.387. The predicted octanol–water partition coefficient (Wildman–Crippen LogP) is 8.72. The number of ether oxygens (including phenoxy) is 3. The molecule has 0 bridgehead atoms. The number of aliphatic hydroxyl groups is 3. The molecule has 1 aliphatic heterocycles. The molecule has 0 spiro atoms. The summed E-state index contributed by atoms with van der Waals surface area (Å²) in [6.07, 6.45) is 18.7. The first kappa shape index (κ1) is 51.7. The van der Waals surface area contributed by atoms with Gasteiger partial charge in [-0.15, -0.1) is 6.58 Å². The van der Waals surface area contributed by atoms with Gasteiger partial charge in [0.15, 0.2) is 6.61 Å². The number of nitrogens with one attached hydrogen (secondary N) is 1. The minimum absolute atomic E-state index is 0.0179. The van der Waals surface area contributed by atoms with Crippen LogP contribution in [0.1, 0.15) is 133 Å². The molecule has 12 heteroatoms. The van der Waals surface area contributed by atoms with Crippen molar-refractivity contribution < 1.29 is 48.3 Å². The molecule has 60 heavy (non-hydrogen) atoms. The van der Waals surface area contributed by atoms with Crippen LogP contribution in [0.2, 0.25) is 0 Å². The molecule has 2 amide bonds. The number of furan rings is 1. The lowest BCUT2D eigenvalue weighted by Gasteiger charge is -2.20. The van der Waals surface area contributed by atoms with Gasteiger partial charge in [0.2, 0.25) is 0 Å². The zero-order valence-electron chi connectivity index (χ0n) is 36.3. The Kier molecular flexibility index (Phi) is 27.8. The molecule has 334 valence electrons. The molecular weight excluding hydrogens is 765 g/mol. The van der Waals surface area contributed by atoms with E-state index >= 15 is 0 Å². The number of carbonyl (C=O) groups is 3. The average Bonchev–Trinajstić information content (AvgIpc) is 3.92. The summed E-state index contributed by atoms with van der Waals surface area (Å²) in [5.41, 5.74) is 0.913. The van der Waals surface area contributed by atoms with Crippen molar-refractivity contribution in [2.75, 3.05) is 31.8 Å². The van der Waals surface area contributed by atoms with E-state index in [1.54, 1.807) is 67.9 Å². The molecule has 12 nitrogen and oxygen atoms in total. The van der Waals surface area contributed by atoms with E-state index in [1.807, 2.05) is 25.1 Å². The highest BCUT2D eigenvalue weighted by Crippen LogP contribution is 2.21. The van der Waals surface area contributed by atoms with Gasteiger partial charge in [0, 0.05) is 13.5 Å². The molecular formula is C48H72N2O10. The van der Waals surface area contributed by atoms with Gasteiger partial charge in [-0.1, -0.05) is 133 Å². The summed E-state index contributed by atoms with van der Waals surface area (Å²) in [6.45, 7) is 7.43. The van der Waals surface area contributed by atoms with Gasteiger partial charge in [-0.25, -0.2) is 0 Å². The Bertz CT molecular complexity index is 1570. The summed E-state index contributed by atoms with van der Waals surface area (Å²) in [6, 6.07) is 19.6. The number of hydrogen-bond donors (Lipinski definition) is 4. The fraction of sp³-hybridized carbons (Fsp3) is 0.562. The third-order valence-electron chi connectivity index (χ3n) is 9.96. The molecule has 2 heterocycles. The van der Waals surface area contributed by atoms with Crippen LogP contribution in [-0.2, 0) is 25.6 Å². The first-order valence-electron chi connectivity index (χ1n) is 21.8. The monoisotopic (exact) mass is 837 g/mol. The smallest absolute Gasteiger partial charge is 0.305 e. The van der Waals surface area contributed by atoms with Crippen molar-refractivity contribution in [2.45, 2.75) is 148 Å². The molecule has 1 aromatic heterocycles. The van der Waals surface area contributed by atoms with Crippen LogP contribution in [-0.4, -0.2) is 84.4 Å². The minimum Gasteiger partial charge on any atom is -0.484 e. The Labute approximate surface area is 358 Å². The molecule has 0 aliphatic carbocycles. The van der Waals surface area contributed by atoms with E-state index in [4.69, 9.17) is 18.6 Å². The van der Waals surface area contributed by atoms with E-state index in [9.17, 15) is 29.7 Å². The second-order valence-electron chi connectivity index (χ2n) is 15.0. The summed E-state index contributed by atoms with van der Waals surface area (Å²) in [5, 5.41) is 31.8. The van der Waals surface area contributed by atoms with E-state index < -0.39 is 24.4 Å². The maximum atomic E-state index is 12.5. The van der Waals surface area contributed by atoms with Crippen molar-refractivity contribution >= 4 is 23.5 Å². The minimum atomic E-state index is -1.14. The molecule has 4 rings (SSSR count). The molecule has 1 aliphatic rings. The lowest BCUT2D eigenvalue weighted by molar-refractivity contribution is -0.151. The lowest BCUT2D eigenvalue weighted by Crippen LogP contribution is -2.41. The number of unbranched alkanes of at least 4 members (excludes halogenated alkanes) is 14. The molecule has 2 aromatic carbocycles. The highest BCUT2D eigenvalue weighted by atomic mass is 16.6. The molecule has 0 unspecified atom stereocenters. The van der Waals surface area contributed by atoms with Crippen LogP contribution in [0.15, 0.2) is 90.1 Å². The van der Waals surface area contributed by atoms with E-state index in [0.29, 0.717) is 29.2 Å². The number of aliphatic hydroxyl groups excluding tert-OH is 3. The van der Waals surface area contributed by atoms with Gasteiger partial charge in [0.1, 0.15) is 42.5 Å². The van der Waals surface area contributed by atoms with E-state index in [1.165, 1.54) is 81.9 Å². The Morgan fingerprint density at radius 1 is 0.850 bits per heavy atom. The number of allylic oxidation sites excluding steroid dienone is 1. The summed E-state index contributed by atoms with van der Waals surface area (Å²) < 4.78 is 20.9. The normalized spacial score (nSPS) is 16.0. The van der Waals surface area contributed by atoms with Crippen LogP contribution in [0.25, 0.3) is 0 Å². The topological polar surface area (TPSA) is 168 Å². The van der Waals surface area contributed by atoms with Gasteiger partial charge in [0.05, 0.1) is 30.7 Å². The maximum Gasteiger partial charge on any atom is 0.305 e. The fourth-order valence-corrected chi connectivity index (χ4v) is 6.48. The van der Waals surface area contributed by atoms with Crippen molar-refractivity contribution in [2.24, 2.45) is 0 Å². The first-order chi connectivity index (χ1) is 29.1. The highest BCUT2D eigenvalue weighted by molar-refractivity contribution is 6.04. The zero-order chi connectivity index (χ0) is 43.8. The lowest BCUT2D eigenvalue weighted by atomic mass is 10.0. The Balaban J connectivity index is 0.000000389. The number of nitrogens with zero attached hydrogens (tertiary/aromatic N) is 1. The number of para-hydroxylation sites is 2. The quantitative estimate of drug-likeness (QED) is 0.0349. The Morgan fingerprint density at radius 2 is 1.42 bits per heavy atom. The van der Waals surface area contributed by atoms with Gasteiger partial charge in [0.25, 0.3) is 11.8 Å². The summed E-state index contributed by atoms with van der Waals surface area (Å²) in [4.78, 5) is 38.2. The SMILES string of the molecule is C=CC.CCCCCCCCCCCCCCCCCC(=O)OC[C@@H](O)[C@H]1OC[C@H](O)[C@H]1O.CN(C(=O)COc1ccccc1)c1ccccc1C(=O)NCc1ccco1. The molecule has 0 saturated carbocycles. The third kappa shape index (κ3) is 21.7. The van der Waals surface area contributed by atoms with Crippen molar-refractivity contribution in [1.29, 1.82) is 0 Å². The summed E-state index contributed by atoms with van der Waals surface area (Å²) in [7, 11) is 1.62. The van der Waals surface area contributed by atoms with Crippen LogP contribution in [0, 0.1) is 0 Å². The predicted molar refractivity (Wildman–Crippen MR) is 236 cm³/mol. The third-order valence-corrected chi connectivity index (χ3v) is 9.96. The second-order valence-corrected chi connectivity index (χ2v) is 15.0. The number of amides is 2. The molecule has 1 saturated heterocycles. The van der Waals surface area contributed by atoms with Crippen molar-refractivity contribution in [3.05, 3.63) is 97.0 Å². The summed E-state index contributed by atoms with van der Waals surface area (Å²) >= 11 is 0. The highest BCUT2D eigenvalue weighted by Gasteiger charge is 2.39. The molecule has 0 radical (unpaired) electrons. The van der Waals surface area contributed by atoms with Crippen molar-refractivity contribution in [3.63, 3.8) is 0 Å². The standard InChI is InChI=1S/C24H46O6.C21H20N2O4.C3H6/c1-2-3-4-5-6-7-8-9-10-11-12-13-14-15-16-17-22(27)29-19-21(26)24-23(28)20(25)18-30-24;1-23(20(24)15-27-16-8-3-2-4-9-16)19-12-6-5-11-18(19)21(25)22-14-17-10-7-13-26-17;1-3-2/h20-21,23-26,28H,2-19H2,1H3;2-13H,14-15H2,1H3,(H,22,25);3H,1H2,2H3/t20-,21+,23+,24+;;/m0../s1. The van der Waals surface area contributed by atoms with Crippen LogP contribution in [0.5, 0.6) is 5.75 Å². The van der Waals surface area contributed by atoms with Gasteiger partial charge in [-0.3, -0.25) is 14.4 Å². The van der Waals surface area contributed by atoms with Crippen LogP contribution in [0.3, 0.4) is 0 Å². The van der Waals surface area contributed by atoms with Crippen molar-refractivity contribution in [3.8, 4) is 5.75 Å². The molecule has 4 atom stereocenters. The van der Waals surface area contributed by atoms with E-state index in [-0.39, 0.29) is 44.1 Å². The number of carbonyl (C=O) groups excluding carboxylic acids is 3. The first-order valence-corrected chi connectivity index (χ1v) is 21.8. The molecule has 3 aromatic rings. The molecule has 1 fully saturated rings. The Morgan fingerprint density at radius 3 is 1.97 bits per heavy atom. The number of likely N-dealkylation sites (N-methyl/N-ethyl adjacent to an activating group) is 1. The zero-order valence-corrected chi connectivity index (χ0v) is 36.3. The van der Waals surface area contributed by atoms with Crippen molar-refractivity contribution in [1.82, 2.24) is 5.32 Å². The average molecular weight is 837 g/mol. The second kappa shape index (κ2) is 32.3. The largest absolute Gasteiger partial charge is 0.484 e. The number of rotatable bonds is 26. The van der Waals surface area contributed by atoms with E-state index in [0.717, 1.165) is 19.3 Å². The Hall–Kier alpha value is -4.49. The number of hydrogen-bond acceptors (Lipinski definition) is 10. The van der Waals surface area contributed by atoms with E-state index in [2.05, 4.69) is 18.8 Å². The number of esters is 1. The molecule has 4 N–H and O–H groups in total. The maximum absolute atomic E-state index is 12.5. The van der Waals surface area contributed by atoms with Crippen LogP contribution in [0.4, 0.5) is 5.69 Å². The van der Waals surface area contributed by atoms with Gasteiger partial charge in [-0.05, 0) is 49.7 Å². The van der Waals surface area contributed by atoms with Gasteiger partial charge in [-0.2, -0.15) is 0 Å². The van der Waals surface area contributed by atoms with Gasteiger partial charge < -0.3 is 44.2 Å².